The maximum absolute atomic E-state index is 12.0. The van der Waals surface area contributed by atoms with Crippen molar-refractivity contribution in [1.82, 2.24) is 9.97 Å². The monoisotopic (exact) mass is 310 g/mol. The molecule has 0 radical (unpaired) electrons. The van der Waals surface area contributed by atoms with Gasteiger partial charge >= 0.3 is 0 Å². The van der Waals surface area contributed by atoms with E-state index in [2.05, 4.69) is 9.88 Å². The van der Waals surface area contributed by atoms with Gasteiger partial charge in [0.25, 0.3) is 0 Å². The average molecular weight is 310 g/mol. The van der Waals surface area contributed by atoms with E-state index in [1.807, 2.05) is 12.1 Å². The van der Waals surface area contributed by atoms with Crippen LogP contribution in [0.1, 0.15) is 22.3 Å². The Kier molecular flexibility index (Phi) is 3.46. The predicted molar refractivity (Wildman–Crippen MR) is 87.6 cm³/mol. The highest BCUT2D eigenvalue weighted by Crippen LogP contribution is 2.35. The fourth-order valence-electron chi connectivity index (χ4n) is 3.27. The molecule has 2 heterocycles. The van der Waals surface area contributed by atoms with E-state index in [1.54, 1.807) is 12.3 Å². The molecule has 1 fully saturated rings. The molecule has 1 aliphatic carbocycles. The normalized spacial score (nSPS) is 17.4. The van der Waals surface area contributed by atoms with Gasteiger partial charge in [0.1, 0.15) is 0 Å². The van der Waals surface area contributed by atoms with Crippen LogP contribution in [0.15, 0.2) is 24.4 Å². The van der Waals surface area contributed by atoms with Gasteiger partial charge in [0.15, 0.2) is 5.78 Å². The van der Waals surface area contributed by atoms with E-state index >= 15 is 0 Å². The molecular formula is C17H18N4O2. The number of ketones is 1. The zero-order valence-corrected chi connectivity index (χ0v) is 12.8. The fourth-order valence-corrected chi connectivity index (χ4v) is 3.27. The van der Waals surface area contributed by atoms with Crippen LogP contribution < -0.4 is 10.6 Å². The van der Waals surface area contributed by atoms with E-state index < -0.39 is 0 Å². The molecule has 2 aromatic rings. The number of rotatable bonds is 2. The summed E-state index contributed by atoms with van der Waals surface area (Å²) in [7, 11) is 0. The third-order valence-electron chi connectivity index (χ3n) is 4.44. The van der Waals surface area contributed by atoms with Crippen molar-refractivity contribution < 1.29 is 9.53 Å². The Morgan fingerprint density at radius 2 is 1.96 bits per heavy atom. The first-order chi connectivity index (χ1) is 11.2. The molecule has 4 rings (SSSR count). The lowest BCUT2D eigenvalue weighted by Crippen LogP contribution is -2.37. The van der Waals surface area contributed by atoms with Gasteiger partial charge in [-0.2, -0.15) is 0 Å². The molecule has 0 amide bonds. The molecule has 1 aromatic carbocycles. The third-order valence-corrected chi connectivity index (χ3v) is 4.44. The summed E-state index contributed by atoms with van der Waals surface area (Å²) in [6.45, 7) is 2.97. The van der Waals surface area contributed by atoms with Gasteiger partial charge in [0.05, 0.1) is 18.9 Å². The Morgan fingerprint density at radius 3 is 2.78 bits per heavy atom. The second-order valence-corrected chi connectivity index (χ2v) is 5.82. The molecule has 23 heavy (non-hydrogen) atoms. The number of hydrogen-bond donors (Lipinski definition) is 1. The Hall–Kier alpha value is -2.47. The number of carbonyl (C=O) groups is 1. The molecule has 0 atom stereocenters. The topological polar surface area (TPSA) is 81.3 Å². The van der Waals surface area contributed by atoms with Crippen molar-refractivity contribution >= 4 is 17.4 Å². The van der Waals surface area contributed by atoms with E-state index in [4.69, 9.17) is 15.5 Å². The number of benzene rings is 1. The van der Waals surface area contributed by atoms with Crippen LogP contribution in [0.3, 0.4) is 0 Å². The lowest BCUT2D eigenvalue weighted by atomic mass is 9.99. The largest absolute Gasteiger partial charge is 0.398 e. The summed E-state index contributed by atoms with van der Waals surface area (Å²) in [5.41, 5.74) is 10.1. The second kappa shape index (κ2) is 5.62. The zero-order chi connectivity index (χ0) is 15.8. The molecule has 0 unspecified atom stereocenters. The van der Waals surface area contributed by atoms with Crippen LogP contribution >= 0.6 is 0 Å². The van der Waals surface area contributed by atoms with E-state index in [1.165, 1.54) is 0 Å². The number of Topliss-reactive ketones (excluding diaryl/α,β-unsaturated/α-hetero) is 1. The van der Waals surface area contributed by atoms with E-state index in [-0.39, 0.29) is 5.78 Å². The summed E-state index contributed by atoms with van der Waals surface area (Å²) < 4.78 is 5.37. The SMILES string of the molecule is Nc1ccc(-c2ccnc(N3CCOCC3)n2)c2c1C(=O)CC2. The number of hydrogen-bond acceptors (Lipinski definition) is 6. The number of nitrogens with two attached hydrogens (primary N) is 1. The van der Waals surface area contributed by atoms with Gasteiger partial charge in [0.2, 0.25) is 5.95 Å². The molecule has 1 aliphatic heterocycles. The van der Waals surface area contributed by atoms with Crippen molar-refractivity contribution in [3.63, 3.8) is 0 Å². The van der Waals surface area contributed by atoms with Gasteiger partial charge in [-0.3, -0.25) is 4.79 Å². The van der Waals surface area contributed by atoms with Gasteiger partial charge < -0.3 is 15.4 Å². The van der Waals surface area contributed by atoms with Gasteiger partial charge in [-0.05, 0) is 24.1 Å². The highest BCUT2D eigenvalue weighted by Gasteiger charge is 2.26. The molecule has 0 spiro atoms. The average Bonchev–Trinajstić information content (AvgIpc) is 2.99. The molecule has 1 aromatic heterocycles. The van der Waals surface area contributed by atoms with Gasteiger partial charge in [-0.15, -0.1) is 0 Å². The maximum atomic E-state index is 12.0. The summed E-state index contributed by atoms with van der Waals surface area (Å²) >= 11 is 0. The Bertz CT molecular complexity index is 769. The van der Waals surface area contributed by atoms with Crippen LogP contribution in [0.5, 0.6) is 0 Å². The minimum atomic E-state index is 0.127. The lowest BCUT2D eigenvalue weighted by Gasteiger charge is -2.26. The van der Waals surface area contributed by atoms with Crippen LogP contribution in [0, 0.1) is 0 Å². The van der Waals surface area contributed by atoms with Crippen molar-refractivity contribution in [2.45, 2.75) is 12.8 Å². The molecule has 2 N–H and O–H groups in total. The van der Waals surface area contributed by atoms with Gasteiger partial charge in [-0.1, -0.05) is 6.07 Å². The first-order valence-corrected chi connectivity index (χ1v) is 7.85. The Labute approximate surface area is 134 Å². The highest BCUT2D eigenvalue weighted by atomic mass is 16.5. The zero-order valence-electron chi connectivity index (χ0n) is 12.8. The Morgan fingerprint density at radius 1 is 1.13 bits per heavy atom. The van der Waals surface area contributed by atoms with Crippen LogP contribution in [-0.2, 0) is 11.2 Å². The predicted octanol–water partition coefficient (Wildman–Crippen LogP) is 1.69. The number of carbonyl (C=O) groups excluding carboxylic acids is 1. The Balaban J connectivity index is 1.76. The first-order valence-electron chi connectivity index (χ1n) is 7.85. The standard InChI is InChI=1S/C17H18N4O2/c18-13-3-1-11(12-2-4-15(22)16(12)13)14-5-6-19-17(20-14)21-7-9-23-10-8-21/h1,3,5-6H,2,4,7-10,18H2. The summed E-state index contributed by atoms with van der Waals surface area (Å²) in [5.74, 6) is 0.836. The van der Waals surface area contributed by atoms with Crippen molar-refractivity contribution in [3.05, 3.63) is 35.5 Å². The number of morpholine rings is 1. The molecule has 0 bridgehead atoms. The minimum Gasteiger partial charge on any atom is -0.398 e. The van der Waals surface area contributed by atoms with Crippen LogP contribution in [0.25, 0.3) is 11.3 Å². The molecule has 6 heteroatoms. The maximum Gasteiger partial charge on any atom is 0.226 e. The summed E-state index contributed by atoms with van der Waals surface area (Å²) in [5, 5.41) is 0. The van der Waals surface area contributed by atoms with Crippen molar-refractivity contribution in [3.8, 4) is 11.3 Å². The molecule has 1 saturated heterocycles. The van der Waals surface area contributed by atoms with Crippen LogP contribution in [-0.4, -0.2) is 42.1 Å². The fraction of sp³-hybridized carbons (Fsp3) is 0.353. The summed E-state index contributed by atoms with van der Waals surface area (Å²) in [6.07, 6.45) is 3.02. The van der Waals surface area contributed by atoms with E-state index in [9.17, 15) is 4.79 Å². The number of nitrogen functional groups attached to an aromatic ring is 1. The summed E-state index contributed by atoms with van der Waals surface area (Å²) in [6, 6.07) is 5.64. The number of aromatic nitrogens is 2. The molecule has 118 valence electrons. The molecule has 2 aliphatic rings. The number of anilines is 2. The van der Waals surface area contributed by atoms with Gasteiger partial charge in [-0.25, -0.2) is 9.97 Å². The van der Waals surface area contributed by atoms with Crippen LogP contribution in [0.4, 0.5) is 11.6 Å². The molecule has 6 nitrogen and oxygen atoms in total. The van der Waals surface area contributed by atoms with E-state index in [0.29, 0.717) is 36.8 Å². The smallest absolute Gasteiger partial charge is 0.226 e. The molecular weight excluding hydrogens is 292 g/mol. The van der Waals surface area contributed by atoms with Crippen molar-refractivity contribution in [2.75, 3.05) is 36.9 Å². The van der Waals surface area contributed by atoms with Gasteiger partial charge in [0, 0.05) is 42.5 Å². The van der Waals surface area contributed by atoms with Crippen LogP contribution in [0.2, 0.25) is 0 Å². The third kappa shape index (κ3) is 2.45. The highest BCUT2D eigenvalue weighted by molar-refractivity contribution is 6.06. The second-order valence-electron chi connectivity index (χ2n) is 5.82. The van der Waals surface area contributed by atoms with Crippen molar-refractivity contribution in [2.24, 2.45) is 0 Å². The number of nitrogens with zero attached hydrogens (tertiary/aromatic N) is 3. The quantitative estimate of drug-likeness (QED) is 0.850. The molecule has 0 saturated carbocycles. The number of ether oxygens (including phenoxy) is 1. The lowest BCUT2D eigenvalue weighted by molar-refractivity contribution is 0.0995. The number of fused-ring (bicyclic) bond motifs is 1. The van der Waals surface area contributed by atoms with E-state index in [0.717, 1.165) is 36.3 Å². The minimum absolute atomic E-state index is 0.127. The van der Waals surface area contributed by atoms with Crippen molar-refractivity contribution in [1.29, 1.82) is 0 Å². The first kappa shape index (κ1) is 14.1. The summed E-state index contributed by atoms with van der Waals surface area (Å²) in [4.78, 5) is 23.3.